The SMILES string of the molecule is Cc1ccccc1N(c1ccccc1)C(C)c1ccc(-c2ccc3c(-c4ccc5ccccc5c4)c4ccccc4c(-c4ccc5ccccc5c4)c3c2)cc1. The number of hydrogen-bond donors (Lipinski definition) is 0. The summed E-state index contributed by atoms with van der Waals surface area (Å²) >= 11 is 0. The fraction of sp³-hybridized carbons (Fsp3) is 0.0545. The Kier molecular flexibility index (Phi) is 8.42. The van der Waals surface area contributed by atoms with Gasteiger partial charge in [0.05, 0.1) is 6.04 Å². The number of nitrogens with zero attached hydrogens (tertiary/aromatic N) is 1. The molecule has 0 aliphatic heterocycles. The minimum absolute atomic E-state index is 0.125. The molecule has 0 spiro atoms. The van der Waals surface area contributed by atoms with Crippen LogP contribution >= 0.6 is 0 Å². The number of hydrogen-bond acceptors (Lipinski definition) is 1. The third-order valence-electron chi connectivity index (χ3n) is 11.6. The highest BCUT2D eigenvalue weighted by Crippen LogP contribution is 2.46. The molecule has 0 radical (unpaired) electrons. The molecule has 1 atom stereocenters. The van der Waals surface area contributed by atoms with Crippen molar-refractivity contribution in [2.24, 2.45) is 0 Å². The quantitative estimate of drug-likeness (QED) is 0.149. The van der Waals surface area contributed by atoms with Gasteiger partial charge in [-0.2, -0.15) is 0 Å². The third kappa shape index (κ3) is 5.90. The Labute approximate surface area is 328 Å². The first-order valence-corrected chi connectivity index (χ1v) is 19.6. The highest BCUT2D eigenvalue weighted by Gasteiger charge is 2.21. The third-order valence-corrected chi connectivity index (χ3v) is 11.6. The van der Waals surface area contributed by atoms with Crippen LogP contribution in [0.4, 0.5) is 11.4 Å². The molecule has 0 fully saturated rings. The molecule has 1 nitrogen and oxygen atoms in total. The summed E-state index contributed by atoms with van der Waals surface area (Å²) in [4.78, 5) is 2.45. The summed E-state index contributed by atoms with van der Waals surface area (Å²) in [6.07, 6.45) is 0. The molecule has 266 valence electrons. The van der Waals surface area contributed by atoms with Crippen molar-refractivity contribution in [1.29, 1.82) is 0 Å². The molecular weight excluding hydrogens is 675 g/mol. The normalized spacial score (nSPS) is 12.0. The molecule has 0 heterocycles. The van der Waals surface area contributed by atoms with Crippen molar-refractivity contribution in [2.75, 3.05) is 4.90 Å². The van der Waals surface area contributed by atoms with Crippen LogP contribution in [0.1, 0.15) is 24.1 Å². The predicted molar refractivity (Wildman–Crippen MR) is 241 cm³/mol. The van der Waals surface area contributed by atoms with Gasteiger partial charge in [0.15, 0.2) is 0 Å². The number of para-hydroxylation sites is 2. The summed E-state index contributed by atoms with van der Waals surface area (Å²) in [5.74, 6) is 0. The lowest BCUT2D eigenvalue weighted by molar-refractivity contribution is 0.771. The summed E-state index contributed by atoms with van der Waals surface area (Å²) in [5, 5.41) is 10.0. The first-order valence-electron chi connectivity index (χ1n) is 19.6. The highest BCUT2D eigenvalue weighted by atomic mass is 15.2. The van der Waals surface area contributed by atoms with Crippen LogP contribution in [-0.2, 0) is 0 Å². The lowest BCUT2D eigenvalue weighted by atomic mass is 9.84. The van der Waals surface area contributed by atoms with Crippen LogP contribution < -0.4 is 4.90 Å². The van der Waals surface area contributed by atoms with E-state index in [1.807, 2.05) is 0 Å². The maximum absolute atomic E-state index is 2.45. The second kappa shape index (κ2) is 14.0. The van der Waals surface area contributed by atoms with E-state index in [1.165, 1.54) is 99.0 Å². The van der Waals surface area contributed by atoms with Gasteiger partial charge in [-0.15, -0.1) is 0 Å². The summed E-state index contributed by atoms with van der Waals surface area (Å²) in [6.45, 7) is 4.50. The van der Waals surface area contributed by atoms with Crippen LogP contribution in [0.3, 0.4) is 0 Å². The summed E-state index contributed by atoms with van der Waals surface area (Å²) in [5.41, 5.74) is 12.4. The predicted octanol–water partition coefficient (Wildman–Crippen LogP) is 15.5. The average molecular weight is 716 g/mol. The fourth-order valence-corrected chi connectivity index (χ4v) is 8.77. The van der Waals surface area contributed by atoms with Crippen molar-refractivity contribution in [3.05, 3.63) is 217 Å². The van der Waals surface area contributed by atoms with E-state index in [0.29, 0.717) is 0 Å². The van der Waals surface area contributed by atoms with Crippen molar-refractivity contribution in [3.8, 4) is 33.4 Å². The number of rotatable bonds is 7. The zero-order valence-electron chi connectivity index (χ0n) is 31.7. The monoisotopic (exact) mass is 715 g/mol. The van der Waals surface area contributed by atoms with Crippen LogP contribution in [0.25, 0.3) is 76.5 Å². The zero-order chi connectivity index (χ0) is 37.6. The van der Waals surface area contributed by atoms with Gasteiger partial charge in [-0.25, -0.2) is 0 Å². The topological polar surface area (TPSA) is 3.24 Å². The summed E-state index contributed by atoms with van der Waals surface area (Å²) in [6, 6.07) is 76.0. The first-order chi connectivity index (χ1) is 27.6. The number of anilines is 2. The van der Waals surface area contributed by atoms with Gasteiger partial charge in [0.25, 0.3) is 0 Å². The number of aryl methyl sites for hydroxylation is 1. The van der Waals surface area contributed by atoms with Crippen LogP contribution in [0.5, 0.6) is 0 Å². The molecule has 10 rings (SSSR count). The van der Waals surface area contributed by atoms with Gasteiger partial charge in [-0.3, -0.25) is 0 Å². The van der Waals surface area contributed by atoms with Crippen molar-refractivity contribution in [3.63, 3.8) is 0 Å². The molecule has 0 amide bonds. The maximum Gasteiger partial charge on any atom is 0.0563 e. The standard InChI is InChI=1S/C55H41N/c1-37-14-6-13-23-53(37)56(48-19-4-3-5-20-48)38(2)39-24-26-42(27-25-39)45-32-33-51-52(36-45)55(47-31-29-41-16-8-10-18-44(41)35-47)50-22-12-11-21-49(50)54(51)46-30-28-40-15-7-9-17-43(40)34-46/h3-36,38H,1-2H3. The zero-order valence-corrected chi connectivity index (χ0v) is 31.7. The van der Waals surface area contributed by atoms with Gasteiger partial charge in [0, 0.05) is 11.4 Å². The van der Waals surface area contributed by atoms with Gasteiger partial charge in [0.2, 0.25) is 0 Å². The van der Waals surface area contributed by atoms with Crippen molar-refractivity contribution in [2.45, 2.75) is 19.9 Å². The number of benzene rings is 10. The second-order valence-electron chi connectivity index (χ2n) is 15.0. The van der Waals surface area contributed by atoms with E-state index < -0.39 is 0 Å². The molecular formula is C55H41N. The maximum atomic E-state index is 2.45. The van der Waals surface area contributed by atoms with Crippen molar-refractivity contribution >= 4 is 54.5 Å². The van der Waals surface area contributed by atoms with Gasteiger partial charge in [0.1, 0.15) is 0 Å². The molecule has 10 aromatic carbocycles. The second-order valence-corrected chi connectivity index (χ2v) is 15.0. The van der Waals surface area contributed by atoms with E-state index in [2.05, 4.69) is 225 Å². The van der Waals surface area contributed by atoms with E-state index in [4.69, 9.17) is 0 Å². The van der Waals surface area contributed by atoms with Gasteiger partial charge >= 0.3 is 0 Å². The molecule has 0 aliphatic rings. The molecule has 1 heteroatoms. The van der Waals surface area contributed by atoms with Crippen molar-refractivity contribution < 1.29 is 0 Å². The summed E-state index contributed by atoms with van der Waals surface area (Å²) < 4.78 is 0. The van der Waals surface area contributed by atoms with E-state index in [9.17, 15) is 0 Å². The summed E-state index contributed by atoms with van der Waals surface area (Å²) in [7, 11) is 0. The van der Waals surface area contributed by atoms with Gasteiger partial charge in [-0.05, 0) is 138 Å². The van der Waals surface area contributed by atoms with Crippen LogP contribution in [0.15, 0.2) is 206 Å². The average Bonchev–Trinajstić information content (AvgIpc) is 3.26. The Morgan fingerprint density at radius 1 is 0.357 bits per heavy atom. The molecule has 0 saturated heterocycles. The van der Waals surface area contributed by atoms with Crippen LogP contribution in [0, 0.1) is 6.92 Å². The molecule has 1 unspecified atom stereocenters. The highest BCUT2D eigenvalue weighted by molar-refractivity contribution is 6.22. The van der Waals surface area contributed by atoms with Gasteiger partial charge in [-0.1, -0.05) is 170 Å². The van der Waals surface area contributed by atoms with Crippen LogP contribution in [-0.4, -0.2) is 0 Å². The Hall–Kier alpha value is -6.96. The molecule has 56 heavy (non-hydrogen) atoms. The molecule has 10 aromatic rings. The van der Waals surface area contributed by atoms with E-state index in [-0.39, 0.29) is 6.04 Å². The lowest BCUT2D eigenvalue weighted by Crippen LogP contribution is -2.22. The minimum Gasteiger partial charge on any atom is -0.334 e. The Morgan fingerprint density at radius 2 is 0.839 bits per heavy atom. The smallest absolute Gasteiger partial charge is 0.0563 e. The minimum atomic E-state index is 0.125. The van der Waals surface area contributed by atoms with E-state index >= 15 is 0 Å². The van der Waals surface area contributed by atoms with Gasteiger partial charge < -0.3 is 4.90 Å². The molecule has 0 aliphatic carbocycles. The molecule has 0 bridgehead atoms. The number of fused-ring (bicyclic) bond motifs is 4. The molecule has 0 saturated carbocycles. The van der Waals surface area contributed by atoms with Crippen LogP contribution in [0.2, 0.25) is 0 Å². The largest absolute Gasteiger partial charge is 0.334 e. The fourth-order valence-electron chi connectivity index (χ4n) is 8.77. The molecule has 0 N–H and O–H groups in total. The Morgan fingerprint density at radius 3 is 1.46 bits per heavy atom. The lowest BCUT2D eigenvalue weighted by Gasteiger charge is -2.33. The Bertz CT molecular complexity index is 3050. The van der Waals surface area contributed by atoms with E-state index in [0.717, 1.165) is 0 Å². The Balaban J connectivity index is 1.15. The van der Waals surface area contributed by atoms with Crippen molar-refractivity contribution in [1.82, 2.24) is 0 Å². The first kappa shape index (κ1) is 33.6. The van der Waals surface area contributed by atoms with E-state index in [1.54, 1.807) is 0 Å². The molecule has 0 aromatic heterocycles.